The summed E-state index contributed by atoms with van der Waals surface area (Å²) in [4.78, 5) is 4.62. The van der Waals surface area contributed by atoms with E-state index in [0.717, 1.165) is 17.0 Å². The van der Waals surface area contributed by atoms with Crippen molar-refractivity contribution in [3.63, 3.8) is 0 Å². The topological polar surface area (TPSA) is 55.7 Å². The number of benzene rings is 2. The van der Waals surface area contributed by atoms with Crippen molar-refractivity contribution in [2.45, 2.75) is 4.90 Å². The lowest BCUT2D eigenvalue weighted by molar-refractivity contribution is 0.415. The molecule has 104 valence electrons. The Kier molecular flexibility index (Phi) is 4.20. The molecular formula is C15H15NO3S. The van der Waals surface area contributed by atoms with Gasteiger partial charge in [-0.15, -0.1) is 0 Å². The number of hydrogen-bond donors (Lipinski definition) is 0. The Bertz CT molecular complexity index is 719. The predicted octanol–water partition coefficient (Wildman–Crippen LogP) is 2.85. The maximum Gasteiger partial charge on any atom is 0.175 e. The van der Waals surface area contributed by atoms with Gasteiger partial charge in [-0.25, -0.2) is 8.42 Å². The van der Waals surface area contributed by atoms with Gasteiger partial charge in [0.1, 0.15) is 5.75 Å². The van der Waals surface area contributed by atoms with Crippen molar-refractivity contribution in [2.75, 3.05) is 13.4 Å². The lowest BCUT2D eigenvalue weighted by Crippen LogP contribution is -1.96. The van der Waals surface area contributed by atoms with Crippen molar-refractivity contribution in [1.29, 1.82) is 0 Å². The first-order valence-corrected chi connectivity index (χ1v) is 7.86. The van der Waals surface area contributed by atoms with Gasteiger partial charge in [-0.1, -0.05) is 18.2 Å². The van der Waals surface area contributed by atoms with Gasteiger partial charge in [-0.05, 0) is 29.8 Å². The summed E-state index contributed by atoms with van der Waals surface area (Å²) in [5.74, 6) is 0.743. The van der Waals surface area contributed by atoms with Gasteiger partial charge in [0, 0.05) is 18.5 Å². The van der Waals surface area contributed by atoms with Gasteiger partial charge in [-0.2, -0.15) is 0 Å². The Balaban J connectivity index is 2.19. The standard InChI is InChI=1S/C15H15NO3S/c1-19-14-5-3-4-13(10-14)16-11-12-6-8-15(9-7-12)20(2,17)18/h3-11H,1-2H3/b16-11+. The normalized spacial score (nSPS) is 11.7. The Labute approximate surface area is 118 Å². The molecule has 0 radical (unpaired) electrons. The molecule has 20 heavy (non-hydrogen) atoms. The van der Waals surface area contributed by atoms with E-state index in [1.54, 1.807) is 37.6 Å². The van der Waals surface area contributed by atoms with Crippen molar-refractivity contribution in [3.8, 4) is 5.75 Å². The summed E-state index contributed by atoms with van der Waals surface area (Å²) in [6.07, 6.45) is 2.87. The highest BCUT2D eigenvalue weighted by molar-refractivity contribution is 7.90. The average Bonchev–Trinajstić information content (AvgIpc) is 2.45. The molecule has 0 saturated heterocycles. The molecule has 0 atom stereocenters. The molecule has 0 heterocycles. The second-order valence-electron chi connectivity index (χ2n) is 4.30. The third-order valence-electron chi connectivity index (χ3n) is 2.72. The number of nitrogens with zero attached hydrogens (tertiary/aromatic N) is 1. The van der Waals surface area contributed by atoms with E-state index >= 15 is 0 Å². The van der Waals surface area contributed by atoms with Crippen molar-refractivity contribution in [1.82, 2.24) is 0 Å². The fourth-order valence-electron chi connectivity index (χ4n) is 1.64. The zero-order chi connectivity index (χ0) is 14.6. The molecule has 0 aromatic heterocycles. The number of hydrogen-bond acceptors (Lipinski definition) is 4. The van der Waals surface area contributed by atoms with Crippen LogP contribution >= 0.6 is 0 Å². The maximum atomic E-state index is 11.3. The maximum absolute atomic E-state index is 11.3. The van der Waals surface area contributed by atoms with Crippen LogP contribution in [-0.2, 0) is 9.84 Å². The van der Waals surface area contributed by atoms with Gasteiger partial charge < -0.3 is 4.74 Å². The second kappa shape index (κ2) is 5.88. The Morgan fingerprint density at radius 2 is 1.80 bits per heavy atom. The highest BCUT2D eigenvalue weighted by Crippen LogP contribution is 2.19. The second-order valence-corrected chi connectivity index (χ2v) is 6.32. The van der Waals surface area contributed by atoms with E-state index in [-0.39, 0.29) is 0 Å². The largest absolute Gasteiger partial charge is 0.497 e. The van der Waals surface area contributed by atoms with E-state index in [4.69, 9.17) is 4.74 Å². The highest BCUT2D eigenvalue weighted by atomic mass is 32.2. The molecule has 0 bridgehead atoms. The van der Waals surface area contributed by atoms with E-state index in [0.29, 0.717) is 4.90 Å². The number of aliphatic imine (C=N–C) groups is 1. The summed E-state index contributed by atoms with van der Waals surface area (Å²) in [5, 5.41) is 0. The van der Waals surface area contributed by atoms with Crippen LogP contribution in [0.4, 0.5) is 5.69 Å². The molecular weight excluding hydrogens is 274 g/mol. The smallest absolute Gasteiger partial charge is 0.175 e. The zero-order valence-corrected chi connectivity index (χ0v) is 12.1. The third kappa shape index (κ3) is 3.68. The first-order chi connectivity index (χ1) is 9.49. The minimum Gasteiger partial charge on any atom is -0.497 e. The molecule has 5 heteroatoms. The first kappa shape index (κ1) is 14.3. The summed E-state index contributed by atoms with van der Waals surface area (Å²) < 4.78 is 27.8. The lowest BCUT2D eigenvalue weighted by Gasteiger charge is -2.00. The van der Waals surface area contributed by atoms with Gasteiger partial charge in [-0.3, -0.25) is 4.99 Å². The number of methoxy groups -OCH3 is 1. The fraction of sp³-hybridized carbons (Fsp3) is 0.133. The van der Waals surface area contributed by atoms with Crippen LogP contribution in [0.2, 0.25) is 0 Å². The highest BCUT2D eigenvalue weighted by Gasteiger charge is 2.05. The minimum absolute atomic E-state index is 0.302. The van der Waals surface area contributed by atoms with E-state index < -0.39 is 9.84 Å². The van der Waals surface area contributed by atoms with Gasteiger partial charge in [0.2, 0.25) is 0 Å². The van der Waals surface area contributed by atoms with Crippen LogP contribution in [0.1, 0.15) is 5.56 Å². The van der Waals surface area contributed by atoms with E-state index in [9.17, 15) is 8.42 Å². The molecule has 0 unspecified atom stereocenters. The lowest BCUT2D eigenvalue weighted by atomic mass is 10.2. The SMILES string of the molecule is COc1cccc(/N=C/c2ccc(S(C)(=O)=O)cc2)c1. The van der Waals surface area contributed by atoms with Gasteiger partial charge in [0.25, 0.3) is 0 Å². The molecule has 0 fully saturated rings. The van der Waals surface area contributed by atoms with Crippen LogP contribution in [0, 0.1) is 0 Å². The zero-order valence-electron chi connectivity index (χ0n) is 11.3. The van der Waals surface area contributed by atoms with Crippen molar-refractivity contribution < 1.29 is 13.2 Å². The van der Waals surface area contributed by atoms with Crippen LogP contribution in [0.15, 0.2) is 58.4 Å². The molecule has 2 aromatic rings. The molecule has 0 aliphatic rings. The minimum atomic E-state index is -3.16. The molecule has 0 saturated carbocycles. The quantitative estimate of drug-likeness (QED) is 0.813. The van der Waals surface area contributed by atoms with E-state index in [2.05, 4.69) is 4.99 Å². The molecule has 2 rings (SSSR count). The van der Waals surface area contributed by atoms with Gasteiger partial charge >= 0.3 is 0 Å². The van der Waals surface area contributed by atoms with Crippen LogP contribution in [0.5, 0.6) is 5.75 Å². The number of ether oxygens (including phenoxy) is 1. The summed E-state index contributed by atoms with van der Waals surface area (Å²) in [7, 11) is -1.55. The summed E-state index contributed by atoms with van der Waals surface area (Å²) in [6.45, 7) is 0. The van der Waals surface area contributed by atoms with Crippen LogP contribution < -0.4 is 4.74 Å². The Hall–Kier alpha value is -2.14. The van der Waals surface area contributed by atoms with Crippen LogP contribution in [-0.4, -0.2) is 28.0 Å². The first-order valence-electron chi connectivity index (χ1n) is 5.97. The summed E-state index contributed by atoms with van der Waals surface area (Å²) in [6, 6.07) is 14.0. The Morgan fingerprint density at radius 1 is 1.10 bits per heavy atom. The number of rotatable bonds is 4. The molecule has 0 spiro atoms. The monoisotopic (exact) mass is 289 g/mol. The summed E-state index contributed by atoms with van der Waals surface area (Å²) in [5.41, 5.74) is 1.61. The molecule has 0 N–H and O–H groups in total. The molecule has 2 aromatic carbocycles. The predicted molar refractivity (Wildman–Crippen MR) is 79.8 cm³/mol. The van der Waals surface area contributed by atoms with Crippen LogP contribution in [0.3, 0.4) is 0 Å². The van der Waals surface area contributed by atoms with E-state index in [1.807, 2.05) is 24.3 Å². The molecule has 4 nitrogen and oxygen atoms in total. The summed E-state index contributed by atoms with van der Waals surface area (Å²) >= 11 is 0. The molecule has 0 aliphatic carbocycles. The van der Waals surface area contributed by atoms with Gasteiger partial charge in [0.15, 0.2) is 9.84 Å². The van der Waals surface area contributed by atoms with Crippen molar-refractivity contribution in [3.05, 3.63) is 54.1 Å². The van der Waals surface area contributed by atoms with Crippen LogP contribution in [0.25, 0.3) is 0 Å². The van der Waals surface area contributed by atoms with Gasteiger partial charge in [0.05, 0.1) is 17.7 Å². The fourth-order valence-corrected chi connectivity index (χ4v) is 2.27. The Morgan fingerprint density at radius 3 is 2.40 bits per heavy atom. The van der Waals surface area contributed by atoms with Crippen molar-refractivity contribution >= 4 is 21.7 Å². The van der Waals surface area contributed by atoms with E-state index in [1.165, 1.54) is 6.26 Å². The molecule has 0 amide bonds. The molecule has 0 aliphatic heterocycles. The number of sulfone groups is 1. The third-order valence-corrected chi connectivity index (χ3v) is 3.85. The van der Waals surface area contributed by atoms with Crippen molar-refractivity contribution in [2.24, 2.45) is 4.99 Å². The average molecular weight is 289 g/mol.